The molecule has 164 valence electrons. The number of hydrogen-bond acceptors (Lipinski definition) is 7. The Balaban J connectivity index is 1.54. The number of nitrogens with one attached hydrogen (secondary N) is 1. The largest absolute Gasteiger partial charge is 0.508 e. The molecule has 0 spiro atoms. The van der Waals surface area contributed by atoms with Crippen LogP contribution in [0, 0.1) is 0 Å². The molecular weight excluding hydrogens is 406 g/mol. The number of carbonyl (C=O) groups excluding carboxylic acids is 1. The number of aromatic hydroxyl groups is 1. The highest BCUT2D eigenvalue weighted by molar-refractivity contribution is 5.97. The summed E-state index contributed by atoms with van der Waals surface area (Å²) >= 11 is 0. The maximum Gasteiger partial charge on any atom is 0.249 e. The summed E-state index contributed by atoms with van der Waals surface area (Å²) in [5, 5.41) is 13.2. The first-order valence-corrected chi connectivity index (χ1v) is 10.7. The molecule has 1 unspecified atom stereocenters. The zero-order valence-corrected chi connectivity index (χ0v) is 17.8. The predicted octanol–water partition coefficient (Wildman–Crippen LogP) is 3.05. The van der Waals surface area contributed by atoms with Gasteiger partial charge in [0.25, 0.3) is 0 Å². The molecule has 3 aromatic rings. The Labute approximate surface area is 186 Å². The molecule has 4 N–H and O–H groups in total. The molecule has 0 bridgehead atoms. The standard InChI is InChI=1S/C24H25N5O3/c1-14-10-18-17(22(25)31)6-3-7-21(18)29(14)24-27-20-8-9-32-13-19(20)23(28-24)26-12-15-4-2-5-16(30)11-15/h2-7,11,14,30H,8-10,12-13H2,1H3,(H2,25,31)(H,26,27,28). The Kier molecular flexibility index (Phi) is 5.14. The van der Waals surface area contributed by atoms with Crippen LogP contribution in [0.25, 0.3) is 0 Å². The second kappa shape index (κ2) is 8.12. The maximum absolute atomic E-state index is 11.9. The van der Waals surface area contributed by atoms with E-state index in [4.69, 9.17) is 20.4 Å². The van der Waals surface area contributed by atoms with Gasteiger partial charge in [-0.25, -0.2) is 4.98 Å². The number of nitrogens with two attached hydrogens (primary N) is 1. The Bertz CT molecular complexity index is 1200. The molecule has 0 aliphatic carbocycles. The number of amides is 1. The van der Waals surface area contributed by atoms with Crippen LogP contribution >= 0.6 is 0 Å². The molecule has 1 amide bonds. The van der Waals surface area contributed by atoms with Crippen molar-refractivity contribution in [2.45, 2.75) is 39.0 Å². The van der Waals surface area contributed by atoms with Crippen LogP contribution in [-0.2, 0) is 30.7 Å². The molecule has 1 atom stereocenters. The molecule has 1 aromatic heterocycles. The number of phenols is 1. The molecule has 0 saturated carbocycles. The lowest BCUT2D eigenvalue weighted by Gasteiger charge is -2.26. The van der Waals surface area contributed by atoms with Gasteiger partial charge in [-0.1, -0.05) is 18.2 Å². The van der Waals surface area contributed by atoms with E-state index in [0.717, 1.165) is 33.9 Å². The number of carbonyl (C=O) groups is 1. The van der Waals surface area contributed by atoms with Crippen molar-refractivity contribution in [3.63, 3.8) is 0 Å². The highest BCUT2D eigenvalue weighted by Gasteiger charge is 2.33. The van der Waals surface area contributed by atoms with Gasteiger partial charge in [-0.15, -0.1) is 0 Å². The fraction of sp³-hybridized carbons (Fsp3) is 0.292. The van der Waals surface area contributed by atoms with Gasteiger partial charge in [0.05, 0.1) is 18.9 Å². The van der Waals surface area contributed by atoms with Crippen LogP contribution in [0.1, 0.15) is 39.7 Å². The van der Waals surface area contributed by atoms with Crippen LogP contribution in [0.4, 0.5) is 17.5 Å². The zero-order chi connectivity index (χ0) is 22.2. The third-order valence-corrected chi connectivity index (χ3v) is 6.01. The molecule has 8 heteroatoms. The molecule has 8 nitrogen and oxygen atoms in total. The van der Waals surface area contributed by atoms with Crippen molar-refractivity contribution in [2.24, 2.45) is 5.73 Å². The summed E-state index contributed by atoms with van der Waals surface area (Å²) in [6, 6.07) is 12.8. The maximum atomic E-state index is 11.9. The summed E-state index contributed by atoms with van der Waals surface area (Å²) in [4.78, 5) is 23.8. The molecular formula is C24H25N5O3. The number of nitrogens with zero attached hydrogens (tertiary/aromatic N) is 3. The molecule has 5 rings (SSSR count). The van der Waals surface area contributed by atoms with Crippen LogP contribution in [0.15, 0.2) is 42.5 Å². The molecule has 2 aliphatic heterocycles. The predicted molar refractivity (Wildman–Crippen MR) is 121 cm³/mol. The Hall–Kier alpha value is -3.65. The van der Waals surface area contributed by atoms with Gasteiger partial charge in [0, 0.05) is 35.8 Å². The number of rotatable bonds is 5. The quantitative estimate of drug-likeness (QED) is 0.569. The number of hydrogen-bond donors (Lipinski definition) is 3. The normalized spacial score (nSPS) is 17.0. The van der Waals surface area contributed by atoms with E-state index in [1.807, 2.05) is 24.3 Å². The second-order valence-electron chi connectivity index (χ2n) is 8.21. The first-order valence-electron chi connectivity index (χ1n) is 10.7. The van der Waals surface area contributed by atoms with Crippen LogP contribution in [0.5, 0.6) is 5.75 Å². The number of anilines is 3. The van der Waals surface area contributed by atoms with Crippen molar-refractivity contribution in [3.8, 4) is 5.75 Å². The van der Waals surface area contributed by atoms with E-state index in [2.05, 4.69) is 17.1 Å². The average Bonchev–Trinajstić information content (AvgIpc) is 3.13. The van der Waals surface area contributed by atoms with Crippen molar-refractivity contribution in [1.29, 1.82) is 0 Å². The lowest BCUT2D eigenvalue weighted by atomic mass is 10.0. The lowest BCUT2D eigenvalue weighted by Crippen LogP contribution is -2.28. The fourth-order valence-corrected chi connectivity index (χ4v) is 4.50. The molecule has 0 fully saturated rings. The third kappa shape index (κ3) is 3.62. The van der Waals surface area contributed by atoms with E-state index in [1.165, 1.54) is 0 Å². The Morgan fingerprint density at radius 2 is 2.09 bits per heavy atom. The van der Waals surface area contributed by atoms with Crippen molar-refractivity contribution >= 4 is 23.4 Å². The van der Waals surface area contributed by atoms with Gasteiger partial charge in [-0.05, 0) is 48.7 Å². The van der Waals surface area contributed by atoms with Crippen LogP contribution in [-0.4, -0.2) is 33.6 Å². The summed E-state index contributed by atoms with van der Waals surface area (Å²) in [5.41, 5.74) is 10.9. The van der Waals surface area contributed by atoms with Gasteiger partial charge in [0.2, 0.25) is 11.9 Å². The molecule has 32 heavy (non-hydrogen) atoms. The van der Waals surface area contributed by atoms with Gasteiger partial charge in [-0.3, -0.25) is 4.79 Å². The van der Waals surface area contributed by atoms with E-state index in [-0.39, 0.29) is 11.8 Å². The van der Waals surface area contributed by atoms with Crippen LogP contribution in [0.2, 0.25) is 0 Å². The molecule has 0 saturated heterocycles. The topological polar surface area (TPSA) is 114 Å². The van der Waals surface area contributed by atoms with E-state index < -0.39 is 5.91 Å². The highest BCUT2D eigenvalue weighted by atomic mass is 16.5. The third-order valence-electron chi connectivity index (χ3n) is 6.01. The Morgan fingerprint density at radius 1 is 1.25 bits per heavy atom. The molecule has 2 aromatic carbocycles. The van der Waals surface area contributed by atoms with E-state index in [9.17, 15) is 9.90 Å². The van der Waals surface area contributed by atoms with Gasteiger partial charge in [0.15, 0.2) is 0 Å². The van der Waals surface area contributed by atoms with E-state index >= 15 is 0 Å². The smallest absolute Gasteiger partial charge is 0.249 e. The first-order chi connectivity index (χ1) is 15.5. The summed E-state index contributed by atoms with van der Waals surface area (Å²) in [5.74, 6) is 1.12. The summed E-state index contributed by atoms with van der Waals surface area (Å²) in [6.07, 6.45) is 1.41. The van der Waals surface area contributed by atoms with E-state index in [1.54, 1.807) is 18.2 Å². The number of benzene rings is 2. The fourth-order valence-electron chi connectivity index (χ4n) is 4.50. The van der Waals surface area contributed by atoms with Gasteiger partial charge in [-0.2, -0.15) is 4.98 Å². The van der Waals surface area contributed by atoms with Crippen LogP contribution in [0.3, 0.4) is 0 Å². The van der Waals surface area contributed by atoms with Crippen molar-refractivity contribution in [1.82, 2.24) is 9.97 Å². The van der Waals surface area contributed by atoms with Crippen LogP contribution < -0.4 is 16.0 Å². The number of phenolic OH excluding ortho intramolecular Hbond substituents is 1. The average molecular weight is 431 g/mol. The molecule has 3 heterocycles. The summed E-state index contributed by atoms with van der Waals surface area (Å²) in [7, 11) is 0. The first kappa shape index (κ1) is 20.3. The minimum absolute atomic E-state index is 0.0855. The number of ether oxygens (including phenoxy) is 1. The van der Waals surface area contributed by atoms with E-state index in [0.29, 0.717) is 44.1 Å². The minimum Gasteiger partial charge on any atom is -0.508 e. The lowest BCUT2D eigenvalue weighted by molar-refractivity contribution is 0.0999. The highest BCUT2D eigenvalue weighted by Crippen LogP contribution is 2.39. The van der Waals surface area contributed by atoms with Crippen molar-refractivity contribution < 1.29 is 14.6 Å². The number of fused-ring (bicyclic) bond motifs is 2. The minimum atomic E-state index is -0.423. The van der Waals surface area contributed by atoms with Gasteiger partial charge >= 0.3 is 0 Å². The molecule has 0 radical (unpaired) electrons. The monoisotopic (exact) mass is 431 g/mol. The summed E-state index contributed by atoms with van der Waals surface area (Å²) in [6.45, 7) is 3.68. The second-order valence-corrected chi connectivity index (χ2v) is 8.21. The Morgan fingerprint density at radius 3 is 2.91 bits per heavy atom. The summed E-state index contributed by atoms with van der Waals surface area (Å²) < 4.78 is 5.67. The van der Waals surface area contributed by atoms with Gasteiger partial charge < -0.3 is 25.8 Å². The number of aromatic nitrogens is 2. The number of primary amides is 1. The SMILES string of the molecule is CC1Cc2c(C(N)=O)cccc2N1c1nc2c(c(NCc3cccc(O)c3)n1)COCC2. The zero-order valence-electron chi connectivity index (χ0n) is 17.8. The van der Waals surface area contributed by atoms with Crippen molar-refractivity contribution in [3.05, 3.63) is 70.4 Å². The van der Waals surface area contributed by atoms with Crippen molar-refractivity contribution in [2.75, 3.05) is 16.8 Å². The molecule has 2 aliphatic rings. The van der Waals surface area contributed by atoms with Gasteiger partial charge in [0.1, 0.15) is 11.6 Å².